The predicted octanol–water partition coefficient (Wildman–Crippen LogP) is 2.16. The van der Waals surface area contributed by atoms with Gasteiger partial charge in [-0.15, -0.1) is 0 Å². The summed E-state index contributed by atoms with van der Waals surface area (Å²) in [5, 5.41) is 19.7. The Bertz CT molecular complexity index is 687. The molecule has 2 aromatic rings. The molecule has 1 aromatic carbocycles. The number of carbonyl (C=O) groups excluding carboxylic acids is 1. The molecule has 0 aliphatic carbocycles. The van der Waals surface area contributed by atoms with Gasteiger partial charge < -0.3 is 15.2 Å². The van der Waals surface area contributed by atoms with Gasteiger partial charge in [-0.3, -0.25) is 9.89 Å². The highest BCUT2D eigenvalue weighted by molar-refractivity contribution is 5.86. The fourth-order valence-corrected chi connectivity index (χ4v) is 1.98. The van der Waals surface area contributed by atoms with Crippen LogP contribution in [0, 0.1) is 0 Å². The van der Waals surface area contributed by atoms with E-state index >= 15 is 0 Å². The first-order chi connectivity index (χ1) is 10.2. The van der Waals surface area contributed by atoms with E-state index < -0.39 is 23.6 Å². The van der Waals surface area contributed by atoms with Crippen LogP contribution >= 0.6 is 0 Å². The first-order valence-electron chi connectivity index (χ1n) is 6.89. The highest BCUT2D eigenvalue weighted by Crippen LogP contribution is 2.18. The Morgan fingerprint density at radius 1 is 1.41 bits per heavy atom. The van der Waals surface area contributed by atoms with Gasteiger partial charge in [-0.2, -0.15) is 5.10 Å². The van der Waals surface area contributed by atoms with Crippen molar-refractivity contribution in [2.45, 2.75) is 38.8 Å². The Morgan fingerprint density at radius 2 is 2.14 bits per heavy atom. The lowest BCUT2D eigenvalue weighted by atomic mass is 10.1. The molecule has 118 valence electrons. The number of aromatic amines is 1. The van der Waals surface area contributed by atoms with Crippen molar-refractivity contribution in [2.24, 2.45) is 0 Å². The number of anilines is 1. The van der Waals surface area contributed by atoms with Crippen LogP contribution in [0.25, 0.3) is 10.9 Å². The second kappa shape index (κ2) is 6.05. The monoisotopic (exact) mass is 305 g/mol. The van der Waals surface area contributed by atoms with E-state index in [-0.39, 0.29) is 6.42 Å². The molecule has 0 spiro atoms. The molecule has 22 heavy (non-hydrogen) atoms. The molecule has 7 heteroatoms. The minimum absolute atomic E-state index is 0.254. The summed E-state index contributed by atoms with van der Waals surface area (Å²) in [6.45, 7) is 5.21. The van der Waals surface area contributed by atoms with Crippen molar-refractivity contribution in [3.63, 3.8) is 0 Å². The van der Waals surface area contributed by atoms with E-state index in [1.165, 1.54) is 0 Å². The van der Waals surface area contributed by atoms with Crippen molar-refractivity contribution < 1.29 is 19.4 Å². The molecule has 1 unspecified atom stereocenters. The molecule has 0 radical (unpaired) electrons. The summed E-state index contributed by atoms with van der Waals surface area (Å²) in [5.41, 5.74) is 0.810. The molecule has 3 N–H and O–H groups in total. The number of aromatic nitrogens is 2. The van der Waals surface area contributed by atoms with Gasteiger partial charge in [0.15, 0.2) is 0 Å². The van der Waals surface area contributed by atoms with Gasteiger partial charge in [-0.1, -0.05) is 0 Å². The summed E-state index contributed by atoms with van der Waals surface area (Å²) >= 11 is 0. The zero-order valence-electron chi connectivity index (χ0n) is 12.7. The zero-order valence-corrected chi connectivity index (χ0v) is 12.7. The Kier molecular flexibility index (Phi) is 4.35. The number of fused-ring (bicyclic) bond motifs is 1. The summed E-state index contributed by atoms with van der Waals surface area (Å²) in [6, 6.07) is 4.23. The minimum Gasteiger partial charge on any atom is -0.480 e. The van der Waals surface area contributed by atoms with Gasteiger partial charge >= 0.3 is 11.9 Å². The van der Waals surface area contributed by atoms with E-state index in [0.29, 0.717) is 5.69 Å². The third kappa shape index (κ3) is 4.21. The number of aliphatic carboxylic acids is 1. The van der Waals surface area contributed by atoms with E-state index in [1.807, 2.05) is 0 Å². The highest BCUT2D eigenvalue weighted by atomic mass is 16.6. The molecule has 1 heterocycles. The van der Waals surface area contributed by atoms with Crippen LogP contribution in [0.3, 0.4) is 0 Å². The number of nitrogens with one attached hydrogen (secondary N) is 2. The number of ether oxygens (including phenoxy) is 1. The van der Waals surface area contributed by atoms with E-state index in [9.17, 15) is 14.7 Å². The summed E-state index contributed by atoms with van der Waals surface area (Å²) < 4.78 is 5.16. The predicted molar refractivity (Wildman–Crippen MR) is 81.6 cm³/mol. The fraction of sp³-hybridized carbons (Fsp3) is 0.400. The van der Waals surface area contributed by atoms with Crippen molar-refractivity contribution in [2.75, 3.05) is 5.32 Å². The van der Waals surface area contributed by atoms with E-state index in [4.69, 9.17) is 4.74 Å². The first kappa shape index (κ1) is 15.8. The Morgan fingerprint density at radius 3 is 2.77 bits per heavy atom. The number of benzene rings is 1. The molecule has 0 saturated carbocycles. The Balaban J connectivity index is 2.08. The highest BCUT2D eigenvalue weighted by Gasteiger charge is 2.25. The summed E-state index contributed by atoms with van der Waals surface area (Å²) in [5.74, 6) is -1.67. The third-order valence-electron chi connectivity index (χ3n) is 2.87. The summed E-state index contributed by atoms with van der Waals surface area (Å²) in [7, 11) is 0. The van der Waals surface area contributed by atoms with Gasteiger partial charge in [0.05, 0.1) is 18.1 Å². The maximum Gasteiger partial charge on any atom is 0.326 e. The van der Waals surface area contributed by atoms with Crippen LogP contribution in [0.4, 0.5) is 5.69 Å². The van der Waals surface area contributed by atoms with Crippen LogP contribution in [0.2, 0.25) is 0 Å². The molecule has 0 aliphatic rings. The number of hydrogen-bond donors (Lipinski definition) is 3. The van der Waals surface area contributed by atoms with Gasteiger partial charge in [0.25, 0.3) is 0 Å². The lowest BCUT2D eigenvalue weighted by Gasteiger charge is -2.21. The molecule has 1 atom stereocenters. The molecule has 7 nitrogen and oxygen atoms in total. The maximum atomic E-state index is 11.8. The number of carbonyl (C=O) groups is 2. The zero-order chi connectivity index (χ0) is 16.3. The SMILES string of the molecule is CC(C)(C)OC(=O)CC(Nc1ccc2[nH]ncc2c1)C(=O)O. The minimum atomic E-state index is -1.11. The molecule has 0 bridgehead atoms. The van der Waals surface area contributed by atoms with Crippen LogP contribution in [0.15, 0.2) is 24.4 Å². The van der Waals surface area contributed by atoms with Gasteiger partial charge in [0.2, 0.25) is 0 Å². The second-order valence-corrected chi connectivity index (χ2v) is 6.00. The van der Waals surface area contributed by atoms with Crippen molar-refractivity contribution in [3.05, 3.63) is 24.4 Å². The van der Waals surface area contributed by atoms with Crippen LogP contribution in [-0.4, -0.2) is 38.9 Å². The number of nitrogens with zero attached hydrogens (tertiary/aromatic N) is 1. The molecular weight excluding hydrogens is 286 g/mol. The number of carboxylic acids is 1. The molecule has 1 aromatic heterocycles. The lowest BCUT2D eigenvalue weighted by Crippen LogP contribution is -2.34. The Labute approximate surface area is 127 Å². The lowest BCUT2D eigenvalue weighted by molar-refractivity contribution is -0.157. The third-order valence-corrected chi connectivity index (χ3v) is 2.87. The van der Waals surface area contributed by atoms with Crippen molar-refractivity contribution >= 4 is 28.5 Å². The molecular formula is C15H19N3O4. The summed E-state index contributed by atoms with van der Waals surface area (Å²) in [6.07, 6.45) is 1.39. The van der Waals surface area contributed by atoms with Gasteiger partial charge in [0.1, 0.15) is 11.6 Å². The van der Waals surface area contributed by atoms with E-state index in [2.05, 4.69) is 15.5 Å². The number of rotatable bonds is 5. The van der Waals surface area contributed by atoms with Gasteiger partial charge in [-0.25, -0.2) is 4.79 Å². The standard InChI is InChI=1S/C15H19N3O4/c1-15(2,3)22-13(19)7-12(14(20)21)17-10-4-5-11-9(6-10)8-16-18-11/h4-6,8,12,17H,7H2,1-3H3,(H,16,18)(H,20,21). The summed E-state index contributed by atoms with van der Waals surface area (Å²) in [4.78, 5) is 23.1. The number of hydrogen-bond acceptors (Lipinski definition) is 5. The number of carboxylic acid groups (broad SMARTS) is 1. The molecule has 0 amide bonds. The van der Waals surface area contributed by atoms with Crippen molar-refractivity contribution in [1.29, 1.82) is 0 Å². The average molecular weight is 305 g/mol. The van der Waals surface area contributed by atoms with Gasteiger partial charge in [0, 0.05) is 11.1 Å². The van der Waals surface area contributed by atoms with E-state index in [1.54, 1.807) is 45.2 Å². The smallest absolute Gasteiger partial charge is 0.326 e. The number of H-pyrrole nitrogens is 1. The maximum absolute atomic E-state index is 11.8. The van der Waals surface area contributed by atoms with Crippen LogP contribution in [0.1, 0.15) is 27.2 Å². The second-order valence-electron chi connectivity index (χ2n) is 6.00. The molecule has 0 saturated heterocycles. The van der Waals surface area contributed by atoms with Crippen LogP contribution < -0.4 is 5.32 Å². The largest absolute Gasteiger partial charge is 0.480 e. The van der Waals surface area contributed by atoms with Crippen LogP contribution in [-0.2, 0) is 14.3 Å². The van der Waals surface area contributed by atoms with Crippen LogP contribution in [0.5, 0.6) is 0 Å². The normalized spacial score (nSPS) is 12.9. The topological polar surface area (TPSA) is 104 Å². The van der Waals surface area contributed by atoms with Crippen molar-refractivity contribution in [3.8, 4) is 0 Å². The average Bonchev–Trinajstić information content (AvgIpc) is 2.82. The van der Waals surface area contributed by atoms with Crippen molar-refractivity contribution in [1.82, 2.24) is 10.2 Å². The van der Waals surface area contributed by atoms with Gasteiger partial charge in [-0.05, 0) is 39.0 Å². The van der Waals surface area contributed by atoms with E-state index in [0.717, 1.165) is 10.9 Å². The molecule has 0 fully saturated rings. The molecule has 2 rings (SSSR count). The number of esters is 1. The molecule has 0 aliphatic heterocycles. The quantitative estimate of drug-likeness (QED) is 0.731. The Hall–Kier alpha value is -2.57. The fourth-order valence-electron chi connectivity index (χ4n) is 1.98. The first-order valence-corrected chi connectivity index (χ1v) is 6.89.